The number of hydrogen-bond acceptors (Lipinski definition) is 1. The van der Waals surface area contributed by atoms with Gasteiger partial charge in [-0.25, -0.2) is 4.39 Å². The summed E-state index contributed by atoms with van der Waals surface area (Å²) in [6.07, 6.45) is 2.31. The highest BCUT2D eigenvalue weighted by Crippen LogP contribution is 2.32. The molecule has 0 radical (unpaired) electrons. The molecule has 0 bridgehead atoms. The first-order chi connectivity index (χ1) is 9.45. The van der Waals surface area contributed by atoms with E-state index in [1.165, 1.54) is 12.1 Å². The fraction of sp³-hybridized carbons (Fsp3) is 0.647. The molecule has 20 heavy (non-hydrogen) atoms. The zero-order valence-corrected chi connectivity index (χ0v) is 13.8. The Hall–Kier alpha value is -0.600. The van der Waals surface area contributed by atoms with Crippen molar-refractivity contribution in [1.29, 1.82) is 0 Å². The lowest BCUT2D eigenvalue weighted by Crippen LogP contribution is -2.28. The van der Waals surface area contributed by atoms with Crippen molar-refractivity contribution in [2.75, 3.05) is 13.1 Å². The third-order valence-corrected chi connectivity index (χ3v) is 4.04. The monoisotopic (exact) mass is 299 g/mol. The van der Waals surface area contributed by atoms with Crippen LogP contribution in [0.4, 0.5) is 4.39 Å². The second-order valence-corrected chi connectivity index (χ2v) is 6.50. The van der Waals surface area contributed by atoms with Crippen LogP contribution in [0, 0.1) is 17.7 Å². The Morgan fingerprint density at radius 1 is 1.20 bits per heavy atom. The molecule has 0 amide bonds. The molecule has 1 N–H and O–H groups in total. The summed E-state index contributed by atoms with van der Waals surface area (Å²) in [6.45, 7) is 10.7. The van der Waals surface area contributed by atoms with Crippen molar-refractivity contribution in [2.45, 2.75) is 46.5 Å². The smallest absolute Gasteiger partial charge is 0.124 e. The van der Waals surface area contributed by atoms with E-state index in [0.717, 1.165) is 31.5 Å². The lowest BCUT2D eigenvalue weighted by molar-refractivity contribution is 0.394. The van der Waals surface area contributed by atoms with Crippen molar-refractivity contribution < 1.29 is 4.39 Å². The summed E-state index contributed by atoms with van der Waals surface area (Å²) in [7, 11) is 0. The van der Waals surface area contributed by atoms with Gasteiger partial charge in [0.25, 0.3) is 0 Å². The molecule has 0 aromatic heterocycles. The summed E-state index contributed by atoms with van der Waals surface area (Å²) < 4.78 is 13.2. The van der Waals surface area contributed by atoms with E-state index in [2.05, 4.69) is 33.0 Å². The maximum atomic E-state index is 13.2. The Balaban J connectivity index is 2.85. The van der Waals surface area contributed by atoms with Gasteiger partial charge in [-0.1, -0.05) is 58.2 Å². The minimum atomic E-state index is -0.268. The average molecular weight is 300 g/mol. The summed E-state index contributed by atoms with van der Waals surface area (Å²) in [5, 5.41) is 4.06. The normalized spacial score (nSPS) is 14.6. The van der Waals surface area contributed by atoms with Crippen LogP contribution >= 0.6 is 11.6 Å². The minimum Gasteiger partial charge on any atom is -0.316 e. The number of rotatable bonds is 8. The molecule has 1 aromatic carbocycles. The van der Waals surface area contributed by atoms with Crippen molar-refractivity contribution in [3.8, 4) is 0 Å². The third kappa shape index (κ3) is 5.41. The Morgan fingerprint density at radius 2 is 1.90 bits per heavy atom. The molecular formula is C17H27ClFN. The quantitative estimate of drug-likeness (QED) is 0.692. The molecule has 0 aliphatic carbocycles. The van der Waals surface area contributed by atoms with Gasteiger partial charge in [0.05, 0.1) is 0 Å². The largest absolute Gasteiger partial charge is 0.316 e. The van der Waals surface area contributed by atoms with E-state index in [9.17, 15) is 4.39 Å². The van der Waals surface area contributed by atoms with E-state index in [-0.39, 0.29) is 5.82 Å². The Labute approximate surface area is 127 Å². The molecule has 0 saturated carbocycles. The molecule has 2 unspecified atom stereocenters. The van der Waals surface area contributed by atoms with Gasteiger partial charge in [-0.2, -0.15) is 0 Å². The lowest BCUT2D eigenvalue weighted by Gasteiger charge is -2.26. The van der Waals surface area contributed by atoms with Crippen LogP contribution in [0.5, 0.6) is 0 Å². The first-order valence-electron chi connectivity index (χ1n) is 7.61. The first kappa shape index (κ1) is 17.5. The highest BCUT2D eigenvalue weighted by molar-refractivity contribution is 6.31. The molecule has 0 heterocycles. The SMILES string of the molecule is CCCC(C)C(CNCC(C)C)c1ccc(F)cc1Cl. The van der Waals surface area contributed by atoms with Crippen LogP contribution in [-0.2, 0) is 0 Å². The van der Waals surface area contributed by atoms with E-state index in [4.69, 9.17) is 11.6 Å². The van der Waals surface area contributed by atoms with E-state index >= 15 is 0 Å². The molecule has 2 atom stereocenters. The van der Waals surface area contributed by atoms with Gasteiger partial charge >= 0.3 is 0 Å². The summed E-state index contributed by atoms with van der Waals surface area (Å²) in [4.78, 5) is 0. The lowest BCUT2D eigenvalue weighted by atomic mass is 9.84. The molecule has 114 valence electrons. The maximum absolute atomic E-state index is 13.2. The van der Waals surface area contributed by atoms with Gasteiger partial charge < -0.3 is 5.32 Å². The van der Waals surface area contributed by atoms with Crippen LogP contribution in [0.1, 0.15) is 52.0 Å². The Kier molecular flexibility index (Phi) is 7.53. The Bertz CT molecular complexity index is 406. The van der Waals surface area contributed by atoms with E-state index < -0.39 is 0 Å². The molecule has 0 spiro atoms. The fourth-order valence-corrected chi connectivity index (χ4v) is 2.91. The van der Waals surface area contributed by atoms with Crippen LogP contribution in [-0.4, -0.2) is 13.1 Å². The zero-order valence-electron chi connectivity index (χ0n) is 13.0. The second kappa shape index (κ2) is 8.63. The molecule has 0 aliphatic rings. The number of halogens is 2. The van der Waals surface area contributed by atoms with Gasteiger partial charge in [0.15, 0.2) is 0 Å². The van der Waals surface area contributed by atoms with Crippen molar-refractivity contribution in [3.05, 3.63) is 34.6 Å². The summed E-state index contributed by atoms with van der Waals surface area (Å²) >= 11 is 6.24. The molecule has 1 rings (SSSR count). The number of hydrogen-bond donors (Lipinski definition) is 1. The summed E-state index contributed by atoms with van der Waals surface area (Å²) in [5.41, 5.74) is 1.06. The average Bonchev–Trinajstić information content (AvgIpc) is 2.35. The molecule has 3 heteroatoms. The van der Waals surface area contributed by atoms with Crippen LogP contribution in [0.25, 0.3) is 0 Å². The molecule has 0 aliphatic heterocycles. The van der Waals surface area contributed by atoms with Gasteiger partial charge in [-0.15, -0.1) is 0 Å². The van der Waals surface area contributed by atoms with E-state index in [0.29, 0.717) is 22.8 Å². The second-order valence-electron chi connectivity index (χ2n) is 6.09. The highest BCUT2D eigenvalue weighted by Gasteiger charge is 2.21. The predicted octanol–water partition coefficient (Wildman–Crippen LogP) is 5.24. The predicted molar refractivity (Wildman–Crippen MR) is 85.9 cm³/mol. The first-order valence-corrected chi connectivity index (χ1v) is 7.99. The van der Waals surface area contributed by atoms with Gasteiger partial charge in [0.2, 0.25) is 0 Å². The van der Waals surface area contributed by atoms with Crippen molar-refractivity contribution in [3.63, 3.8) is 0 Å². The van der Waals surface area contributed by atoms with Crippen LogP contribution in [0.3, 0.4) is 0 Å². The molecular weight excluding hydrogens is 273 g/mol. The summed E-state index contributed by atoms with van der Waals surface area (Å²) in [5.74, 6) is 1.22. The zero-order chi connectivity index (χ0) is 15.1. The van der Waals surface area contributed by atoms with Gasteiger partial charge in [-0.3, -0.25) is 0 Å². The van der Waals surface area contributed by atoms with Crippen molar-refractivity contribution in [1.82, 2.24) is 5.32 Å². The molecule has 0 fully saturated rings. The van der Waals surface area contributed by atoms with Crippen LogP contribution in [0.2, 0.25) is 5.02 Å². The molecule has 1 nitrogen and oxygen atoms in total. The van der Waals surface area contributed by atoms with Crippen molar-refractivity contribution in [2.24, 2.45) is 11.8 Å². The Morgan fingerprint density at radius 3 is 2.45 bits per heavy atom. The van der Waals surface area contributed by atoms with Gasteiger partial charge in [0.1, 0.15) is 5.82 Å². The minimum absolute atomic E-state index is 0.268. The molecule has 0 saturated heterocycles. The topological polar surface area (TPSA) is 12.0 Å². The van der Waals surface area contributed by atoms with Crippen LogP contribution < -0.4 is 5.32 Å². The summed E-state index contributed by atoms with van der Waals surface area (Å²) in [6, 6.07) is 4.77. The standard InChI is InChI=1S/C17H27ClFN/c1-5-6-13(4)16(11-20-10-12(2)3)15-8-7-14(19)9-17(15)18/h7-9,12-13,16,20H,5-6,10-11H2,1-4H3. The highest BCUT2D eigenvalue weighted by atomic mass is 35.5. The van der Waals surface area contributed by atoms with E-state index in [1.54, 1.807) is 0 Å². The number of nitrogens with one attached hydrogen (secondary N) is 1. The fourth-order valence-electron chi connectivity index (χ4n) is 2.60. The number of benzene rings is 1. The van der Waals surface area contributed by atoms with Crippen molar-refractivity contribution >= 4 is 11.6 Å². The van der Waals surface area contributed by atoms with Gasteiger partial charge in [-0.05, 0) is 36.1 Å². The maximum Gasteiger partial charge on any atom is 0.124 e. The van der Waals surface area contributed by atoms with Crippen LogP contribution in [0.15, 0.2) is 18.2 Å². The molecule has 1 aromatic rings. The van der Waals surface area contributed by atoms with E-state index in [1.807, 2.05) is 6.07 Å². The van der Waals surface area contributed by atoms with Gasteiger partial charge in [0, 0.05) is 17.5 Å². The third-order valence-electron chi connectivity index (χ3n) is 3.71.